The van der Waals surface area contributed by atoms with Crippen LogP contribution >= 0.6 is 0 Å². The lowest BCUT2D eigenvalue weighted by atomic mass is 9.89. The zero-order chi connectivity index (χ0) is 30.7. The fourth-order valence-corrected chi connectivity index (χ4v) is 6.52. The molecule has 0 saturated carbocycles. The van der Waals surface area contributed by atoms with E-state index in [1.165, 1.54) is 11.1 Å². The number of hydrogen-bond acceptors (Lipinski definition) is 5. The molecule has 43 heavy (non-hydrogen) atoms. The summed E-state index contributed by atoms with van der Waals surface area (Å²) in [5.74, 6) is 2.01. The molecule has 0 aliphatic carbocycles. The van der Waals surface area contributed by atoms with Crippen molar-refractivity contribution in [3.8, 4) is 5.75 Å². The minimum absolute atomic E-state index is 0.237. The quantitative estimate of drug-likeness (QED) is 0.223. The van der Waals surface area contributed by atoms with Crippen LogP contribution in [0.1, 0.15) is 44.2 Å². The third kappa shape index (κ3) is 10.6. The second-order valence-electron chi connectivity index (χ2n) is 11.8. The fourth-order valence-electron chi connectivity index (χ4n) is 5.02. The van der Waals surface area contributed by atoms with Crippen LogP contribution in [0.15, 0.2) is 101 Å². The maximum Gasteiger partial charge on any atom is 0.410 e. The maximum absolute atomic E-state index is 12.4. The Morgan fingerprint density at radius 2 is 1.51 bits per heavy atom. The fraction of sp³-hybridized carbons (Fsp3) is 0.400. The molecule has 1 unspecified atom stereocenters. The van der Waals surface area contributed by atoms with Crippen molar-refractivity contribution >= 4 is 22.7 Å². The van der Waals surface area contributed by atoms with Gasteiger partial charge < -0.3 is 19.1 Å². The van der Waals surface area contributed by atoms with E-state index >= 15 is 0 Å². The van der Waals surface area contributed by atoms with Crippen LogP contribution in [0.25, 0.3) is 0 Å². The Balaban J connectivity index is 1.40. The molecule has 1 aliphatic heterocycles. The van der Waals surface area contributed by atoms with Crippen molar-refractivity contribution in [3.05, 3.63) is 108 Å². The molecule has 0 spiro atoms. The Morgan fingerprint density at radius 3 is 2.05 bits per heavy atom. The minimum atomic E-state index is -0.483. The lowest BCUT2D eigenvalue weighted by molar-refractivity contribution is 0.0152. The molecule has 8 heteroatoms. The number of amides is 1. The van der Waals surface area contributed by atoms with E-state index in [0.29, 0.717) is 19.6 Å². The van der Waals surface area contributed by atoms with Gasteiger partial charge in [0.1, 0.15) is 11.4 Å². The molecule has 1 fully saturated rings. The van der Waals surface area contributed by atoms with Gasteiger partial charge in [0.25, 0.3) is 0 Å². The molecule has 1 amide bonds. The van der Waals surface area contributed by atoms with Crippen LogP contribution in [0.5, 0.6) is 5.75 Å². The summed E-state index contributed by atoms with van der Waals surface area (Å²) in [6.45, 7) is 14.3. The number of carbonyl (C=O) groups excluding carboxylic acids is 1. The molecule has 1 saturated heterocycles. The first-order valence-electron chi connectivity index (χ1n) is 15.0. The highest BCUT2D eigenvalue weighted by Gasteiger charge is 2.26. The molecule has 1 aliphatic rings. The lowest BCUT2D eigenvalue weighted by Gasteiger charge is -2.35. The molecule has 3 aromatic rings. The van der Waals surface area contributed by atoms with Crippen LogP contribution < -0.4 is 9.46 Å². The van der Waals surface area contributed by atoms with Crippen molar-refractivity contribution in [2.45, 2.75) is 38.7 Å². The Bertz CT molecular complexity index is 1290. The molecular formula is C35H46N4O3S. The first kappa shape index (κ1) is 32.3. The molecule has 230 valence electrons. The van der Waals surface area contributed by atoms with Gasteiger partial charge in [-0.2, -0.15) is 0 Å². The SMILES string of the molecule is C=C(CN=S(CCC(c1ccccc1)c1ccccc1)Nc1ccc(OC)cc1)CN1CCN(C(=O)OC(C)(C)C)CC1. The lowest BCUT2D eigenvalue weighted by Crippen LogP contribution is -2.50. The van der Waals surface area contributed by atoms with Gasteiger partial charge in [-0.25, -0.2) is 9.16 Å². The molecule has 4 rings (SSSR count). The normalized spacial score (nSPS) is 14.9. The number of carbonyl (C=O) groups is 1. The summed E-state index contributed by atoms with van der Waals surface area (Å²) < 4.78 is 19.7. The first-order valence-corrected chi connectivity index (χ1v) is 16.3. The van der Waals surface area contributed by atoms with E-state index in [1.54, 1.807) is 12.0 Å². The van der Waals surface area contributed by atoms with E-state index in [1.807, 2.05) is 45.0 Å². The summed E-state index contributed by atoms with van der Waals surface area (Å²) in [6, 6.07) is 29.5. The number of nitrogens with zero attached hydrogens (tertiary/aromatic N) is 3. The Kier molecular flexibility index (Phi) is 11.8. The van der Waals surface area contributed by atoms with Gasteiger partial charge in [0.2, 0.25) is 0 Å². The molecule has 1 atom stereocenters. The predicted molar refractivity (Wildman–Crippen MR) is 179 cm³/mol. The van der Waals surface area contributed by atoms with E-state index in [-0.39, 0.29) is 12.0 Å². The molecule has 7 nitrogen and oxygen atoms in total. The van der Waals surface area contributed by atoms with E-state index in [4.69, 9.17) is 13.8 Å². The van der Waals surface area contributed by atoms with Crippen LogP contribution in [0.4, 0.5) is 10.5 Å². The summed E-state index contributed by atoms with van der Waals surface area (Å²) in [7, 11) is 1.26. The number of ether oxygens (including phenoxy) is 2. The second kappa shape index (κ2) is 15.7. The number of rotatable bonds is 12. The molecular weight excluding hydrogens is 556 g/mol. The maximum atomic E-state index is 12.4. The topological polar surface area (TPSA) is 66.4 Å². The van der Waals surface area contributed by atoms with Gasteiger partial charge >= 0.3 is 6.09 Å². The van der Waals surface area contributed by atoms with Crippen LogP contribution in [0.3, 0.4) is 0 Å². The Morgan fingerprint density at radius 1 is 0.930 bits per heavy atom. The summed E-state index contributed by atoms with van der Waals surface area (Å²) in [5, 5.41) is 0. The van der Waals surface area contributed by atoms with Crippen LogP contribution in [-0.4, -0.2) is 73.6 Å². The summed E-state index contributed by atoms with van der Waals surface area (Å²) in [4.78, 5) is 16.6. The highest BCUT2D eigenvalue weighted by Crippen LogP contribution is 2.28. The van der Waals surface area contributed by atoms with Gasteiger partial charge in [0.15, 0.2) is 0 Å². The number of methoxy groups -OCH3 is 1. The molecule has 0 bridgehead atoms. The zero-order valence-corrected chi connectivity index (χ0v) is 26.8. The largest absolute Gasteiger partial charge is 0.497 e. The number of piperazine rings is 1. The smallest absolute Gasteiger partial charge is 0.410 e. The van der Waals surface area contributed by atoms with Crippen LogP contribution in [0, 0.1) is 0 Å². The standard InChI is InChI=1S/C35H46N4O3S/c1-28(27-38-21-23-39(24-22-38)34(40)42-35(2,3)4)26-36-43(37-31-16-18-32(41-5)19-17-31)25-20-33(29-12-8-6-9-13-29)30-14-10-7-11-15-30/h6-19,33H,1,20-27H2,2-5H3,(H,36,37). The number of nitrogens with one attached hydrogen (secondary N) is 1. The van der Waals surface area contributed by atoms with E-state index < -0.39 is 16.5 Å². The van der Waals surface area contributed by atoms with Crippen molar-refractivity contribution < 1.29 is 14.3 Å². The summed E-state index contributed by atoms with van der Waals surface area (Å²) >= 11 is 0. The molecule has 0 aromatic heterocycles. The second-order valence-corrected chi connectivity index (χ2v) is 13.4. The van der Waals surface area contributed by atoms with Gasteiger partial charge in [-0.1, -0.05) is 67.2 Å². The molecule has 3 aromatic carbocycles. The van der Waals surface area contributed by atoms with Crippen molar-refractivity contribution in [3.63, 3.8) is 0 Å². The Labute approximate surface area is 260 Å². The molecule has 0 radical (unpaired) electrons. The van der Waals surface area contributed by atoms with Gasteiger partial charge in [0, 0.05) is 50.1 Å². The van der Waals surface area contributed by atoms with Gasteiger partial charge in [-0.15, -0.1) is 0 Å². The first-order chi connectivity index (χ1) is 20.7. The molecule has 1 heterocycles. The Hall–Kier alpha value is -3.62. The third-order valence-corrected chi connectivity index (χ3v) is 8.78. The predicted octanol–water partition coefficient (Wildman–Crippen LogP) is 7.16. The van der Waals surface area contributed by atoms with E-state index in [0.717, 1.165) is 48.8 Å². The average Bonchev–Trinajstić information content (AvgIpc) is 3.01. The van der Waals surface area contributed by atoms with Crippen molar-refractivity contribution in [1.82, 2.24) is 9.80 Å². The minimum Gasteiger partial charge on any atom is -0.497 e. The highest BCUT2D eigenvalue weighted by molar-refractivity contribution is 7.88. The monoisotopic (exact) mass is 602 g/mol. The summed E-state index contributed by atoms with van der Waals surface area (Å²) in [5.41, 5.74) is 4.24. The van der Waals surface area contributed by atoms with Crippen LogP contribution in [0.2, 0.25) is 0 Å². The van der Waals surface area contributed by atoms with Gasteiger partial charge in [-0.3, -0.25) is 4.90 Å². The van der Waals surface area contributed by atoms with E-state index in [2.05, 4.69) is 76.9 Å². The van der Waals surface area contributed by atoms with Crippen molar-refractivity contribution in [2.24, 2.45) is 4.36 Å². The number of anilines is 1. The van der Waals surface area contributed by atoms with E-state index in [9.17, 15) is 4.79 Å². The van der Waals surface area contributed by atoms with Crippen LogP contribution in [-0.2, 0) is 15.6 Å². The van der Waals surface area contributed by atoms with Gasteiger partial charge in [-0.05, 0) is 79.0 Å². The third-order valence-electron chi connectivity index (χ3n) is 7.24. The molecule has 1 N–H and O–H groups in total. The van der Waals surface area contributed by atoms with Crippen molar-refractivity contribution in [1.29, 1.82) is 0 Å². The summed E-state index contributed by atoms with van der Waals surface area (Å²) in [6.07, 6.45) is 0.724. The zero-order valence-electron chi connectivity index (χ0n) is 26.0. The number of benzene rings is 3. The average molecular weight is 603 g/mol. The number of hydrogen-bond donors (Lipinski definition) is 1. The van der Waals surface area contributed by atoms with Crippen molar-refractivity contribution in [2.75, 3.05) is 56.9 Å². The highest BCUT2D eigenvalue weighted by atomic mass is 32.2. The van der Waals surface area contributed by atoms with Gasteiger partial charge in [0.05, 0.1) is 13.7 Å².